The van der Waals surface area contributed by atoms with Gasteiger partial charge in [0.15, 0.2) is 0 Å². The molecule has 1 saturated carbocycles. The fraction of sp³-hybridized carbons (Fsp3) is 0.727. The van der Waals surface area contributed by atoms with Gasteiger partial charge in [-0.15, -0.1) is 5.10 Å². The first-order valence-corrected chi connectivity index (χ1v) is 6.58. The highest BCUT2D eigenvalue weighted by Gasteiger charge is 2.28. The van der Waals surface area contributed by atoms with Crippen molar-refractivity contribution in [2.24, 2.45) is 5.92 Å². The molecule has 0 radical (unpaired) electrons. The van der Waals surface area contributed by atoms with Gasteiger partial charge in [-0.25, -0.2) is 0 Å². The Morgan fingerprint density at radius 3 is 2.81 bits per heavy atom. The van der Waals surface area contributed by atoms with Crippen LogP contribution in [-0.2, 0) is 0 Å². The molecule has 0 aromatic carbocycles. The number of aryl methyl sites for hydroxylation is 1. The molecule has 1 aromatic rings. The lowest BCUT2D eigenvalue weighted by molar-refractivity contribution is 0.0751. The van der Waals surface area contributed by atoms with Gasteiger partial charge in [0, 0.05) is 13.1 Å². The molecule has 0 unspecified atom stereocenters. The average molecular weight is 239 g/mol. The maximum absolute atomic E-state index is 12.2. The number of rotatable bonds is 5. The summed E-state index contributed by atoms with van der Waals surface area (Å²) in [6.07, 6.45) is 3.55. The van der Waals surface area contributed by atoms with E-state index in [1.165, 1.54) is 24.4 Å². The molecule has 16 heavy (non-hydrogen) atoms. The van der Waals surface area contributed by atoms with Crippen LogP contribution in [0.25, 0.3) is 0 Å². The fourth-order valence-corrected chi connectivity index (χ4v) is 2.35. The zero-order valence-electron chi connectivity index (χ0n) is 9.77. The summed E-state index contributed by atoms with van der Waals surface area (Å²) in [6.45, 7) is 5.69. The van der Waals surface area contributed by atoms with E-state index in [-0.39, 0.29) is 5.91 Å². The molecule has 5 heteroatoms. The molecule has 1 fully saturated rings. The summed E-state index contributed by atoms with van der Waals surface area (Å²) < 4.78 is 3.82. The van der Waals surface area contributed by atoms with Gasteiger partial charge < -0.3 is 4.90 Å². The number of nitrogens with zero attached hydrogens (tertiary/aromatic N) is 3. The van der Waals surface area contributed by atoms with E-state index in [0.717, 1.165) is 31.1 Å². The summed E-state index contributed by atoms with van der Waals surface area (Å²) in [5.41, 5.74) is 0.756. The van der Waals surface area contributed by atoms with Crippen molar-refractivity contribution in [3.8, 4) is 0 Å². The largest absolute Gasteiger partial charge is 0.338 e. The molecule has 4 nitrogen and oxygen atoms in total. The van der Waals surface area contributed by atoms with Gasteiger partial charge in [-0.2, -0.15) is 0 Å². The normalized spacial score (nSPS) is 15.1. The predicted octanol–water partition coefficient (Wildman–Crippen LogP) is 2.11. The molecular weight excluding hydrogens is 222 g/mol. The van der Waals surface area contributed by atoms with Crippen LogP contribution < -0.4 is 0 Å². The molecule has 0 saturated heterocycles. The third-order valence-electron chi connectivity index (χ3n) is 2.80. The topological polar surface area (TPSA) is 46.1 Å². The van der Waals surface area contributed by atoms with Crippen molar-refractivity contribution in [3.63, 3.8) is 0 Å². The van der Waals surface area contributed by atoms with Crippen LogP contribution in [0.2, 0.25) is 0 Å². The highest BCUT2D eigenvalue weighted by Crippen LogP contribution is 2.30. The molecule has 0 N–H and O–H groups in total. The first-order chi connectivity index (χ1) is 7.72. The van der Waals surface area contributed by atoms with Gasteiger partial charge in [-0.3, -0.25) is 4.79 Å². The molecule has 1 aromatic heterocycles. The van der Waals surface area contributed by atoms with E-state index in [1.54, 1.807) is 0 Å². The highest BCUT2D eigenvalue weighted by molar-refractivity contribution is 7.07. The van der Waals surface area contributed by atoms with Gasteiger partial charge >= 0.3 is 0 Å². The minimum atomic E-state index is 0.112. The minimum Gasteiger partial charge on any atom is -0.338 e. The highest BCUT2D eigenvalue weighted by atomic mass is 32.1. The summed E-state index contributed by atoms with van der Waals surface area (Å²) in [6, 6.07) is 0. The molecule has 88 valence electrons. The molecule has 1 amide bonds. The smallest absolute Gasteiger partial charge is 0.267 e. The lowest BCUT2D eigenvalue weighted by Crippen LogP contribution is -2.33. The van der Waals surface area contributed by atoms with Crippen molar-refractivity contribution < 1.29 is 4.79 Å². The molecule has 1 heterocycles. The summed E-state index contributed by atoms with van der Waals surface area (Å²) in [5.74, 6) is 0.845. The van der Waals surface area contributed by atoms with Crippen LogP contribution >= 0.6 is 11.5 Å². The van der Waals surface area contributed by atoms with Crippen LogP contribution in [0.15, 0.2) is 0 Å². The van der Waals surface area contributed by atoms with Crippen LogP contribution in [0.1, 0.15) is 41.6 Å². The Labute approximate surface area is 99.8 Å². The van der Waals surface area contributed by atoms with Crippen molar-refractivity contribution in [3.05, 3.63) is 10.6 Å². The Balaban J connectivity index is 2.06. The lowest BCUT2D eigenvalue weighted by atomic mass is 10.3. The molecule has 1 aliphatic rings. The maximum Gasteiger partial charge on any atom is 0.267 e. The van der Waals surface area contributed by atoms with Gasteiger partial charge in [0.2, 0.25) is 0 Å². The monoisotopic (exact) mass is 239 g/mol. The molecule has 0 spiro atoms. The van der Waals surface area contributed by atoms with Crippen LogP contribution in [-0.4, -0.2) is 33.5 Å². The zero-order chi connectivity index (χ0) is 11.5. The first-order valence-electron chi connectivity index (χ1n) is 5.80. The summed E-state index contributed by atoms with van der Waals surface area (Å²) in [4.78, 5) is 14.9. The maximum atomic E-state index is 12.2. The minimum absolute atomic E-state index is 0.112. The lowest BCUT2D eigenvalue weighted by Gasteiger charge is -2.21. The van der Waals surface area contributed by atoms with Crippen LogP contribution in [0.4, 0.5) is 0 Å². The number of hydrogen-bond acceptors (Lipinski definition) is 4. The molecular formula is C11H17N3OS. The second-order valence-corrected chi connectivity index (χ2v) is 5.14. The van der Waals surface area contributed by atoms with Gasteiger partial charge in [0.05, 0.1) is 5.69 Å². The van der Waals surface area contributed by atoms with E-state index in [4.69, 9.17) is 0 Å². The molecule has 2 rings (SSSR count). The summed E-state index contributed by atoms with van der Waals surface area (Å²) >= 11 is 1.21. The first kappa shape index (κ1) is 11.5. The molecule has 1 aliphatic carbocycles. The number of carbonyl (C=O) groups is 1. The van der Waals surface area contributed by atoms with Crippen molar-refractivity contribution in [2.45, 2.75) is 33.1 Å². The standard InChI is InChI=1S/C11H17N3OS/c1-3-6-14(7-9-4-5-9)11(15)10-8(2)12-13-16-10/h9H,3-7H2,1-2H3. The molecule has 0 atom stereocenters. The van der Waals surface area contributed by atoms with Crippen LogP contribution in [0.3, 0.4) is 0 Å². The van der Waals surface area contributed by atoms with E-state index < -0.39 is 0 Å². The van der Waals surface area contributed by atoms with Gasteiger partial charge in [0.1, 0.15) is 4.88 Å². The van der Waals surface area contributed by atoms with E-state index >= 15 is 0 Å². The van der Waals surface area contributed by atoms with E-state index in [0.29, 0.717) is 4.88 Å². The second kappa shape index (κ2) is 4.91. The van der Waals surface area contributed by atoms with E-state index in [9.17, 15) is 4.79 Å². The predicted molar refractivity (Wildman–Crippen MR) is 63.6 cm³/mol. The Bertz CT molecular complexity index is 373. The zero-order valence-corrected chi connectivity index (χ0v) is 10.6. The van der Waals surface area contributed by atoms with Gasteiger partial charge in [-0.1, -0.05) is 11.4 Å². The fourth-order valence-electron chi connectivity index (χ4n) is 1.73. The van der Waals surface area contributed by atoms with E-state index in [2.05, 4.69) is 16.5 Å². The van der Waals surface area contributed by atoms with Gasteiger partial charge in [0.25, 0.3) is 5.91 Å². The SMILES string of the molecule is CCCN(CC1CC1)C(=O)c1snnc1C. The van der Waals surface area contributed by atoms with Crippen molar-refractivity contribution in [2.75, 3.05) is 13.1 Å². The summed E-state index contributed by atoms with van der Waals surface area (Å²) in [7, 11) is 0. The quantitative estimate of drug-likeness (QED) is 0.790. The number of hydrogen-bond donors (Lipinski definition) is 0. The van der Waals surface area contributed by atoms with Crippen LogP contribution in [0.5, 0.6) is 0 Å². The molecule has 0 bridgehead atoms. The number of amides is 1. The van der Waals surface area contributed by atoms with Crippen molar-refractivity contribution in [1.29, 1.82) is 0 Å². The Morgan fingerprint density at radius 1 is 1.56 bits per heavy atom. The Morgan fingerprint density at radius 2 is 2.31 bits per heavy atom. The average Bonchev–Trinajstić information content (AvgIpc) is 2.98. The van der Waals surface area contributed by atoms with E-state index in [1.807, 2.05) is 11.8 Å². The molecule has 0 aliphatic heterocycles. The number of carbonyl (C=O) groups excluding carboxylic acids is 1. The Kier molecular flexibility index (Phi) is 3.53. The third-order valence-corrected chi connectivity index (χ3v) is 3.62. The third kappa shape index (κ3) is 2.58. The second-order valence-electron chi connectivity index (χ2n) is 4.38. The van der Waals surface area contributed by atoms with Crippen LogP contribution in [0, 0.1) is 12.8 Å². The summed E-state index contributed by atoms with van der Waals surface area (Å²) in [5, 5.41) is 3.90. The van der Waals surface area contributed by atoms with Gasteiger partial charge in [-0.05, 0) is 43.6 Å². The Hall–Kier alpha value is -0.970. The van der Waals surface area contributed by atoms with Crippen molar-refractivity contribution in [1.82, 2.24) is 14.5 Å². The number of aromatic nitrogens is 2. The van der Waals surface area contributed by atoms with Crippen molar-refractivity contribution >= 4 is 17.4 Å².